The molecule has 0 aromatic rings. The van der Waals surface area contributed by atoms with Gasteiger partial charge < -0.3 is 9.47 Å². The second-order valence-corrected chi connectivity index (χ2v) is 3.58. The Balaban J connectivity index is 2.03. The first-order valence-corrected chi connectivity index (χ1v) is 4.33. The van der Waals surface area contributed by atoms with Crippen LogP contribution in [0, 0.1) is 0 Å². The maximum Gasteiger partial charge on any atom is 0.106 e. The van der Waals surface area contributed by atoms with Crippen LogP contribution < -0.4 is 0 Å². The summed E-state index contributed by atoms with van der Waals surface area (Å²) < 4.78 is 11.1. The van der Waals surface area contributed by atoms with Gasteiger partial charge in [-0.1, -0.05) is 12.2 Å². The van der Waals surface area contributed by atoms with Crippen molar-refractivity contribution in [3.8, 4) is 0 Å². The molecule has 2 aliphatic rings. The van der Waals surface area contributed by atoms with Crippen LogP contribution in [0.3, 0.4) is 0 Å². The Hall–Kier alpha value is -0.600. The summed E-state index contributed by atoms with van der Waals surface area (Å²) in [6, 6.07) is 0. The topological polar surface area (TPSA) is 18.5 Å². The molecule has 0 N–H and O–H groups in total. The Morgan fingerprint density at radius 3 is 1.67 bits per heavy atom. The zero-order valence-electron chi connectivity index (χ0n) is 7.54. The van der Waals surface area contributed by atoms with E-state index in [-0.39, 0.29) is 12.2 Å². The predicted octanol–water partition coefficient (Wildman–Crippen LogP) is 1.68. The molecule has 0 aromatic heterocycles. The van der Waals surface area contributed by atoms with Gasteiger partial charge >= 0.3 is 0 Å². The van der Waals surface area contributed by atoms with Crippen molar-refractivity contribution in [1.82, 2.24) is 0 Å². The fourth-order valence-electron chi connectivity index (χ4n) is 1.59. The van der Waals surface area contributed by atoms with Crippen LogP contribution in [0.1, 0.15) is 13.8 Å². The largest absolute Gasteiger partial charge is 0.367 e. The smallest absolute Gasteiger partial charge is 0.106 e. The van der Waals surface area contributed by atoms with Gasteiger partial charge in [0.25, 0.3) is 0 Å². The predicted molar refractivity (Wildman–Crippen MR) is 47.0 cm³/mol. The molecule has 2 rings (SSSR count). The standard InChI is InChI=1S/C10H14O2/c1-7-3-9(11-5-7)10-4-8(2)6-12-10/h3-4,9-10H,5-6H2,1-2H3/t9-,10+. The third kappa shape index (κ3) is 1.45. The molecule has 2 heteroatoms. The second-order valence-electron chi connectivity index (χ2n) is 3.58. The van der Waals surface area contributed by atoms with Gasteiger partial charge in [-0.05, 0) is 25.0 Å². The number of hydrogen-bond donors (Lipinski definition) is 0. The van der Waals surface area contributed by atoms with E-state index >= 15 is 0 Å². The third-order valence-electron chi connectivity index (χ3n) is 2.23. The van der Waals surface area contributed by atoms with Crippen molar-refractivity contribution in [2.45, 2.75) is 26.1 Å². The number of rotatable bonds is 1. The maximum absolute atomic E-state index is 5.54. The lowest BCUT2D eigenvalue weighted by atomic mass is 10.1. The minimum Gasteiger partial charge on any atom is -0.367 e. The van der Waals surface area contributed by atoms with E-state index < -0.39 is 0 Å². The Kier molecular flexibility index (Phi) is 2.03. The molecule has 0 saturated carbocycles. The van der Waals surface area contributed by atoms with E-state index in [4.69, 9.17) is 9.47 Å². The summed E-state index contributed by atoms with van der Waals surface area (Å²) in [4.78, 5) is 0. The third-order valence-corrected chi connectivity index (χ3v) is 2.23. The molecule has 2 aliphatic heterocycles. The molecule has 0 unspecified atom stereocenters. The zero-order chi connectivity index (χ0) is 8.55. The Morgan fingerprint density at radius 2 is 1.42 bits per heavy atom. The molecule has 0 radical (unpaired) electrons. The van der Waals surface area contributed by atoms with E-state index in [1.165, 1.54) is 11.1 Å². The van der Waals surface area contributed by atoms with E-state index in [0.29, 0.717) is 0 Å². The fourth-order valence-corrected chi connectivity index (χ4v) is 1.59. The SMILES string of the molecule is CC1=C[C@@H]([C@H]2C=C(C)CO2)OC1. The van der Waals surface area contributed by atoms with Gasteiger partial charge in [-0.2, -0.15) is 0 Å². The van der Waals surface area contributed by atoms with Crippen LogP contribution in [-0.2, 0) is 9.47 Å². The molecule has 2 heterocycles. The molecule has 0 aromatic carbocycles. The van der Waals surface area contributed by atoms with Crippen LogP contribution in [0.25, 0.3) is 0 Å². The average molecular weight is 166 g/mol. The second kappa shape index (κ2) is 3.04. The number of hydrogen-bond acceptors (Lipinski definition) is 2. The Bertz CT molecular complexity index is 214. The van der Waals surface area contributed by atoms with Crippen LogP contribution in [0.2, 0.25) is 0 Å². The van der Waals surface area contributed by atoms with E-state index in [1.807, 2.05) is 0 Å². The summed E-state index contributed by atoms with van der Waals surface area (Å²) in [6.07, 6.45) is 4.62. The molecular formula is C10H14O2. The van der Waals surface area contributed by atoms with Gasteiger partial charge in [0.1, 0.15) is 12.2 Å². The van der Waals surface area contributed by atoms with Gasteiger partial charge in [-0.25, -0.2) is 0 Å². The van der Waals surface area contributed by atoms with Crippen LogP contribution >= 0.6 is 0 Å². The lowest BCUT2D eigenvalue weighted by molar-refractivity contribution is 0.00732. The van der Waals surface area contributed by atoms with Crippen LogP contribution in [0.4, 0.5) is 0 Å². The average Bonchev–Trinajstić information content (AvgIpc) is 2.58. The van der Waals surface area contributed by atoms with E-state index in [2.05, 4.69) is 26.0 Å². The summed E-state index contributed by atoms with van der Waals surface area (Å²) in [5.74, 6) is 0. The maximum atomic E-state index is 5.54. The molecule has 0 spiro atoms. The summed E-state index contributed by atoms with van der Waals surface area (Å²) in [5, 5.41) is 0. The molecule has 0 bridgehead atoms. The quantitative estimate of drug-likeness (QED) is 0.552. The first-order chi connectivity index (χ1) is 5.75. The first-order valence-electron chi connectivity index (χ1n) is 4.33. The molecule has 0 saturated heterocycles. The van der Waals surface area contributed by atoms with Gasteiger partial charge in [0.15, 0.2) is 0 Å². The van der Waals surface area contributed by atoms with Gasteiger partial charge in [0.2, 0.25) is 0 Å². The molecule has 2 nitrogen and oxygen atoms in total. The lowest BCUT2D eigenvalue weighted by Crippen LogP contribution is -2.23. The van der Waals surface area contributed by atoms with Gasteiger partial charge in [-0.15, -0.1) is 0 Å². The molecule has 0 fully saturated rings. The van der Waals surface area contributed by atoms with Crippen molar-refractivity contribution in [2.24, 2.45) is 0 Å². The fraction of sp³-hybridized carbons (Fsp3) is 0.600. The van der Waals surface area contributed by atoms with Crippen LogP contribution in [0.15, 0.2) is 23.3 Å². The number of ether oxygens (including phenoxy) is 2. The first kappa shape index (κ1) is 8.02. The highest BCUT2D eigenvalue weighted by molar-refractivity contribution is 5.18. The molecule has 0 amide bonds. The molecular weight excluding hydrogens is 152 g/mol. The molecule has 2 atom stereocenters. The minimum atomic E-state index is 0.155. The van der Waals surface area contributed by atoms with Crippen molar-refractivity contribution >= 4 is 0 Å². The van der Waals surface area contributed by atoms with Crippen LogP contribution in [-0.4, -0.2) is 25.4 Å². The van der Waals surface area contributed by atoms with Gasteiger partial charge in [-0.3, -0.25) is 0 Å². The van der Waals surface area contributed by atoms with Crippen molar-refractivity contribution in [1.29, 1.82) is 0 Å². The Morgan fingerprint density at radius 1 is 1.00 bits per heavy atom. The van der Waals surface area contributed by atoms with E-state index in [0.717, 1.165) is 13.2 Å². The summed E-state index contributed by atoms with van der Waals surface area (Å²) >= 11 is 0. The summed E-state index contributed by atoms with van der Waals surface area (Å²) in [5.41, 5.74) is 2.61. The van der Waals surface area contributed by atoms with Crippen molar-refractivity contribution < 1.29 is 9.47 Å². The zero-order valence-corrected chi connectivity index (χ0v) is 7.54. The molecule has 12 heavy (non-hydrogen) atoms. The van der Waals surface area contributed by atoms with Crippen LogP contribution in [0.5, 0.6) is 0 Å². The van der Waals surface area contributed by atoms with Crippen molar-refractivity contribution in [2.75, 3.05) is 13.2 Å². The minimum absolute atomic E-state index is 0.155. The van der Waals surface area contributed by atoms with Gasteiger partial charge in [0.05, 0.1) is 13.2 Å². The van der Waals surface area contributed by atoms with E-state index in [9.17, 15) is 0 Å². The lowest BCUT2D eigenvalue weighted by Gasteiger charge is -2.13. The molecule has 0 aliphatic carbocycles. The monoisotopic (exact) mass is 166 g/mol. The summed E-state index contributed by atoms with van der Waals surface area (Å²) in [7, 11) is 0. The Labute approximate surface area is 72.9 Å². The van der Waals surface area contributed by atoms with Gasteiger partial charge in [0, 0.05) is 0 Å². The highest BCUT2D eigenvalue weighted by Gasteiger charge is 2.26. The highest BCUT2D eigenvalue weighted by Crippen LogP contribution is 2.22. The van der Waals surface area contributed by atoms with E-state index in [1.54, 1.807) is 0 Å². The summed E-state index contributed by atoms with van der Waals surface area (Å²) in [6.45, 7) is 5.70. The van der Waals surface area contributed by atoms with Crippen molar-refractivity contribution in [3.05, 3.63) is 23.3 Å². The highest BCUT2D eigenvalue weighted by atomic mass is 16.5. The normalized spacial score (nSPS) is 35.2. The molecule has 66 valence electrons. The van der Waals surface area contributed by atoms with Crippen molar-refractivity contribution in [3.63, 3.8) is 0 Å².